The molecular formula is C14H23NOS. The van der Waals surface area contributed by atoms with Gasteiger partial charge in [-0.3, -0.25) is 4.79 Å². The van der Waals surface area contributed by atoms with Crippen LogP contribution in [0.3, 0.4) is 0 Å². The molecule has 2 nitrogen and oxygen atoms in total. The molecule has 0 bridgehead atoms. The van der Waals surface area contributed by atoms with E-state index in [9.17, 15) is 4.79 Å². The van der Waals surface area contributed by atoms with Crippen LogP contribution in [0.4, 0.5) is 0 Å². The van der Waals surface area contributed by atoms with Crippen molar-refractivity contribution in [3.8, 4) is 0 Å². The van der Waals surface area contributed by atoms with Crippen molar-refractivity contribution in [2.24, 2.45) is 0 Å². The van der Waals surface area contributed by atoms with Crippen molar-refractivity contribution >= 4 is 17.2 Å². The second-order valence-electron chi connectivity index (χ2n) is 4.75. The molecule has 96 valence electrons. The van der Waals surface area contributed by atoms with Gasteiger partial charge in [-0.1, -0.05) is 19.9 Å². The molecule has 0 saturated carbocycles. The lowest BCUT2D eigenvalue weighted by atomic mass is 9.95. The molecule has 0 aliphatic carbocycles. The first-order valence-corrected chi connectivity index (χ1v) is 7.31. The Hall–Kier alpha value is -0.830. The Kier molecular flexibility index (Phi) is 5.69. The maximum absolute atomic E-state index is 11.8. The maximum Gasteiger partial charge on any atom is 0.220 e. The Morgan fingerprint density at radius 3 is 2.65 bits per heavy atom. The van der Waals surface area contributed by atoms with E-state index in [4.69, 9.17) is 0 Å². The summed E-state index contributed by atoms with van der Waals surface area (Å²) in [6, 6.07) is 4.19. The normalized spacial score (nSPS) is 11.5. The first-order valence-electron chi connectivity index (χ1n) is 6.43. The number of carbonyl (C=O) groups excluding carboxylic acids is 1. The SMILES string of the molecule is CCC(C)(CC)NC(=O)CCCc1cccs1. The van der Waals surface area contributed by atoms with Gasteiger partial charge in [0.25, 0.3) is 0 Å². The Labute approximate surface area is 108 Å². The molecule has 17 heavy (non-hydrogen) atoms. The van der Waals surface area contributed by atoms with E-state index in [1.165, 1.54) is 4.88 Å². The van der Waals surface area contributed by atoms with Crippen molar-refractivity contribution in [3.63, 3.8) is 0 Å². The quantitative estimate of drug-likeness (QED) is 0.787. The van der Waals surface area contributed by atoms with Crippen molar-refractivity contribution < 1.29 is 4.79 Å². The van der Waals surface area contributed by atoms with E-state index < -0.39 is 0 Å². The van der Waals surface area contributed by atoms with Gasteiger partial charge in [0.1, 0.15) is 0 Å². The first kappa shape index (κ1) is 14.2. The van der Waals surface area contributed by atoms with Gasteiger partial charge in [0.2, 0.25) is 5.91 Å². The van der Waals surface area contributed by atoms with E-state index in [2.05, 4.69) is 43.6 Å². The van der Waals surface area contributed by atoms with Crippen molar-refractivity contribution in [1.82, 2.24) is 5.32 Å². The second-order valence-corrected chi connectivity index (χ2v) is 5.78. The zero-order chi connectivity index (χ0) is 12.7. The molecule has 1 N–H and O–H groups in total. The van der Waals surface area contributed by atoms with Crippen LogP contribution in [-0.4, -0.2) is 11.4 Å². The fraction of sp³-hybridized carbons (Fsp3) is 0.643. The Bertz CT molecular complexity index is 328. The third kappa shape index (κ3) is 4.90. The van der Waals surface area contributed by atoms with E-state index in [0.29, 0.717) is 6.42 Å². The summed E-state index contributed by atoms with van der Waals surface area (Å²) in [6.07, 6.45) is 4.56. The van der Waals surface area contributed by atoms with Crippen LogP contribution in [0, 0.1) is 0 Å². The third-order valence-corrected chi connectivity index (χ3v) is 4.35. The van der Waals surface area contributed by atoms with Crippen LogP contribution in [0.2, 0.25) is 0 Å². The van der Waals surface area contributed by atoms with Crippen LogP contribution in [-0.2, 0) is 11.2 Å². The van der Waals surface area contributed by atoms with Crippen molar-refractivity contribution in [2.75, 3.05) is 0 Å². The number of rotatable bonds is 7. The molecule has 0 radical (unpaired) electrons. The number of aryl methyl sites for hydroxylation is 1. The topological polar surface area (TPSA) is 29.1 Å². The van der Waals surface area contributed by atoms with Crippen LogP contribution < -0.4 is 5.32 Å². The first-order chi connectivity index (χ1) is 8.09. The smallest absolute Gasteiger partial charge is 0.220 e. The van der Waals surface area contributed by atoms with E-state index in [-0.39, 0.29) is 11.4 Å². The van der Waals surface area contributed by atoms with Crippen LogP contribution in [0.15, 0.2) is 17.5 Å². The summed E-state index contributed by atoms with van der Waals surface area (Å²) in [5.41, 5.74) is -0.0278. The highest BCUT2D eigenvalue weighted by molar-refractivity contribution is 7.09. The van der Waals surface area contributed by atoms with Crippen molar-refractivity contribution in [2.45, 2.75) is 58.4 Å². The van der Waals surface area contributed by atoms with E-state index in [1.54, 1.807) is 11.3 Å². The van der Waals surface area contributed by atoms with Gasteiger partial charge in [0, 0.05) is 16.8 Å². The van der Waals surface area contributed by atoms with Gasteiger partial charge in [0.05, 0.1) is 0 Å². The fourth-order valence-corrected chi connectivity index (χ4v) is 2.46. The summed E-state index contributed by atoms with van der Waals surface area (Å²) in [4.78, 5) is 13.2. The molecule has 0 aromatic carbocycles. The number of thiophene rings is 1. The minimum atomic E-state index is -0.0278. The van der Waals surface area contributed by atoms with Gasteiger partial charge in [-0.15, -0.1) is 11.3 Å². The molecule has 0 atom stereocenters. The average Bonchev–Trinajstić information content (AvgIpc) is 2.82. The molecule has 1 aromatic heterocycles. The molecule has 0 aliphatic rings. The summed E-state index contributed by atoms with van der Waals surface area (Å²) in [5, 5.41) is 5.22. The number of hydrogen-bond donors (Lipinski definition) is 1. The Morgan fingerprint density at radius 1 is 1.41 bits per heavy atom. The molecule has 0 fully saturated rings. The zero-order valence-electron chi connectivity index (χ0n) is 11.1. The summed E-state index contributed by atoms with van der Waals surface area (Å²) in [7, 11) is 0. The van der Waals surface area contributed by atoms with Gasteiger partial charge < -0.3 is 5.32 Å². The third-order valence-electron chi connectivity index (χ3n) is 3.41. The fourth-order valence-electron chi connectivity index (χ4n) is 1.70. The minimum absolute atomic E-state index is 0.0278. The monoisotopic (exact) mass is 253 g/mol. The molecule has 0 unspecified atom stereocenters. The van der Waals surface area contributed by atoms with Crippen molar-refractivity contribution in [3.05, 3.63) is 22.4 Å². The molecule has 3 heteroatoms. The lowest BCUT2D eigenvalue weighted by Gasteiger charge is -2.28. The van der Waals surface area contributed by atoms with E-state index in [1.807, 2.05) is 0 Å². The highest BCUT2D eigenvalue weighted by atomic mass is 32.1. The molecule has 1 aromatic rings. The number of hydrogen-bond acceptors (Lipinski definition) is 2. The molecule has 0 aliphatic heterocycles. The second kappa shape index (κ2) is 6.80. The van der Waals surface area contributed by atoms with Gasteiger partial charge in [-0.05, 0) is 44.1 Å². The van der Waals surface area contributed by atoms with Gasteiger partial charge in [-0.2, -0.15) is 0 Å². The summed E-state index contributed by atoms with van der Waals surface area (Å²) in [5.74, 6) is 0.188. The highest BCUT2D eigenvalue weighted by Crippen LogP contribution is 2.15. The van der Waals surface area contributed by atoms with Crippen LogP contribution in [0.1, 0.15) is 51.3 Å². The Balaban J connectivity index is 2.25. The number of amides is 1. The minimum Gasteiger partial charge on any atom is -0.351 e. The molecule has 1 amide bonds. The van der Waals surface area contributed by atoms with Gasteiger partial charge in [-0.25, -0.2) is 0 Å². The van der Waals surface area contributed by atoms with E-state index in [0.717, 1.165) is 25.7 Å². The van der Waals surface area contributed by atoms with E-state index >= 15 is 0 Å². The van der Waals surface area contributed by atoms with Crippen molar-refractivity contribution in [1.29, 1.82) is 0 Å². The number of carbonyl (C=O) groups is 1. The Morgan fingerprint density at radius 2 is 2.12 bits per heavy atom. The maximum atomic E-state index is 11.8. The summed E-state index contributed by atoms with van der Waals surface area (Å²) in [6.45, 7) is 6.36. The molecule has 1 rings (SSSR count). The van der Waals surface area contributed by atoms with Gasteiger partial charge in [0.15, 0.2) is 0 Å². The lowest BCUT2D eigenvalue weighted by Crippen LogP contribution is -2.44. The largest absolute Gasteiger partial charge is 0.351 e. The average molecular weight is 253 g/mol. The lowest BCUT2D eigenvalue weighted by molar-refractivity contribution is -0.123. The van der Waals surface area contributed by atoms with Crippen LogP contribution >= 0.6 is 11.3 Å². The summed E-state index contributed by atoms with van der Waals surface area (Å²) < 4.78 is 0. The van der Waals surface area contributed by atoms with Crippen LogP contribution in [0.25, 0.3) is 0 Å². The summed E-state index contributed by atoms with van der Waals surface area (Å²) >= 11 is 1.77. The predicted molar refractivity (Wildman–Crippen MR) is 74.4 cm³/mol. The molecule has 0 spiro atoms. The molecule has 1 heterocycles. The molecular weight excluding hydrogens is 230 g/mol. The number of nitrogens with one attached hydrogen (secondary N) is 1. The van der Waals surface area contributed by atoms with Gasteiger partial charge >= 0.3 is 0 Å². The standard InChI is InChI=1S/C14H23NOS/c1-4-14(3,5-2)15-13(16)10-6-8-12-9-7-11-17-12/h7,9,11H,4-6,8,10H2,1-3H3,(H,15,16). The predicted octanol–water partition coefficient (Wildman–Crippen LogP) is 3.77. The highest BCUT2D eigenvalue weighted by Gasteiger charge is 2.21. The van der Waals surface area contributed by atoms with Crippen LogP contribution in [0.5, 0.6) is 0 Å². The molecule has 0 saturated heterocycles. The zero-order valence-corrected chi connectivity index (χ0v) is 11.9.